The van der Waals surface area contributed by atoms with Gasteiger partial charge in [-0.25, -0.2) is 4.98 Å². The molecule has 0 aliphatic heterocycles. The smallest absolute Gasteiger partial charge is 0.218 e. The number of aromatic nitrogens is 1. The van der Waals surface area contributed by atoms with Crippen LogP contribution in [0.15, 0.2) is 18.3 Å². The first-order valence-electron chi connectivity index (χ1n) is 4.22. The first-order chi connectivity index (χ1) is 6.03. The van der Waals surface area contributed by atoms with Gasteiger partial charge in [0.05, 0.1) is 5.88 Å². The maximum Gasteiger partial charge on any atom is 0.218 e. The van der Waals surface area contributed by atoms with E-state index in [0.29, 0.717) is 11.8 Å². The number of alkyl halides is 1. The predicted molar refractivity (Wildman–Crippen MR) is 54.2 cm³/mol. The van der Waals surface area contributed by atoms with Crippen LogP contribution in [0.5, 0.6) is 5.88 Å². The highest BCUT2D eigenvalue weighted by atomic mass is 35.5. The van der Waals surface area contributed by atoms with E-state index in [9.17, 15) is 0 Å². The van der Waals surface area contributed by atoms with Crippen molar-refractivity contribution < 1.29 is 4.74 Å². The predicted octanol–water partition coefficient (Wildman–Crippen LogP) is 3.00. The van der Waals surface area contributed by atoms with Crippen LogP contribution in [0.3, 0.4) is 0 Å². The first kappa shape index (κ1) is 10.3. The molecule has 0 N–H and O–H groups in total. The fourth-order valence-electron chi connectivity index (χ4n) is 0.908. The summed E-state index contributed by atoms with van der Waals surface area (Å²) in [6.07, 6.45) is 1.71. The molecule has 1 rings (SSSR count). The Morgan fingerprint density at radius 2 is 2.15 bits per heavy atom. The minimum absolute atomic E-state index is 0.227. The molecule has 0 aliphatic rings. The van der Waals surface area contributed by atoms with Gasteiger partial charge in [0.1, 0.15) is 5.60 Å². The fourth-order valence-corrected chi connectivity index (χ4v) is 1.11. The van der Waals surface area contributed by atoms with Crippen molar-refractivity contribution in [1.29, 1.82) is 0 Å². The number of ether oxygens (including phenoxy) is 1. The van der Waals surface area contributed by atoms with E-state index < -0.39 is 0 Å². The number of hydrogen-bond acceptors (Lipinski definition) is 2. The highest BCUT2D eigenvalue weighted by molar-refractivity contribution is 6.17. The van der Waals surface area contributed by atoms with Crippen LogP contribution in [-0.2, 0) is 5.88 Å². The molecule has 3 heteroatoms. The molecule has 0 aliphatic carbocycles. The Kier molecular flexibility index (Phi) is 3.15. The van der Waals surface area contributed by atoms with Gasteiger partial charge in [0.25, 0.3) is 0 Å². The summed E-state index contributed by atoms with van der Waals surface area (Å²) in [6.45, 7) is 5.96. The summed E-state index contributed by atoms with van der Waals surface area (Å²) in [4.78, 5) is 4.13. The highest BCUT2D eigenvalue weighted by Gasteiger charge is 2.14. The summed E-state index contributed by atoms with van der Waals surface area (Å²) in [7, 11) is 0. The second-order valence-electron chi connectivity index (χ2n) is 3.82. The van der Waals surface area contributed by atoms with Gasteiger partial charge < -0.3 is 4.74 Å². The molecule has 0 bridgehead atoms. The molecule has 72 valence electrons. The lowest BCUT2D eigenvalue weighted by Gasteiger charge is -2.21. The van der Waals surface area contributed by atoms with E-state index in [1.807, 2.05) is 32.9 Å². The second-order valence-corrected chi connectivity index (χ2v) is 4.08. The first-order valence-corrected chi connectivity index (χ1v) is 4.75. The molecule has 0 unspecified atom stereocenters. The topological polar surface area (TPSA) is 22.1 Å². The highest BCUT2D eigenvalue weighted by Crippen LogP contribution is 2.21. The van der Waals surface area contributed by atoms with E-state index in [4.69, 9.17) is 16.3 Å². The van der Waals surface area contributed by atoms with Crippen molar-refractivity contribution in [3.8, 4) is 5.88 Å². The normalized spacial score (nSPS) is 11.4. The van der Waals surface area contributed by atoms with E-state index in [1.54, 1.807) is 6.20 Å². The lowest BCUT2D eigenvalue weighted by Crippen LogP contribution is -2.24. The summed E-state index contributed by atoms with van der Waals surface area (Å²) < 4.78 is 5.63. The minimum Gasteiger partial charge on any atom is -0.472 e. The molecule has 13 heavy (non-hydrogen) atoms. The zero-order valence-corrected chi connectivity index (χ0v) is 8.93. The van der Waals surface area contributed by atoms with Crippen molar-refractivity contribution in [3.63, 3.8) is 0 Å². The number of nitrogens with zero attached hydrogens (tertiary/aromatic N) is 1. The van der Waals surface area contributed by atoms with Crippen LogP contribution in [0.1, 0.15) is 26.3 Å². The van der Waals surface area contributed by atoms with Crippen LogP contribution in [0.2, 0.25) is 0 Å². The van der Waals surface area contributed by atoms with Crippen LogP contribution in [0.4, 0.5) is 0 Å². The number of rotatable bonds is 2. The summed E-state index contributed by atoms with van der Waals surface area (Å²) in [5.41, 5.74) is 0.703. The molecule has 1 aromatic rings. The average Bonchev–Trinajstić information content (AvgIpc) is 2.02. The molecule has 0 spiro atoms. The minimum atomic E-state index is -0.227. The molecular formula is C10H14ClNO. The maximum atomic E-state index is 5.74. The molecule has 0 fully saturated rings. The van der Waals surface area contributed by atoms with Gasteiger partial charge >= 0.3 is 0 Å². The zero-order valence-electron chi connectivity index (χ0n) is 8.17. The Morgan fingerprint density at radius 3 is 2.69 bits per heavy atom. The third-order valence-electron chi connectivity index (χ3n) is 1.40. The molecule has 0 atom stereocenters. The van der Waals surface area contributed by atoms with Gasteiger partial charge in [0.15, 0.2) is 0 Å². The Morgan fingerprint density at radius 1 is 1.46 bits per heavy atom. The van der Waals surface area contributed by atoms with Crippen LogP contribution in [0, 0.1) is 0 Å². The van der Waals surface area contributed by atoms with Gasteiger partial charge in [0, 0.05) is 11.8 Å². The van der Waals surface area contributed by atoms with Gasteiger partial charge in [-0.1, -0.05) is 6.07 Å². The van der Waals surface area contributed by atoms with E-state index in [1.165, 1.54) is 0 Å². The van der Waals surface area contributed by atoms with Gasteiger partial charge in [-0.2, -0.15) is 0 Å². The van der Waals surface area contributed by atoms with E-state index in [0.717, 1.165) is 5.56 Å². The van der Waals surface area contributed by atoms with Crippen molar-refractivity contribution in [2.24, 2.45) is 0 Å². The summed E-state index contributed by atoms with van der Waals surface area (Å²) >= 11 is 5.74. The van der Waals surface area contributed by atoms with Crippen LogP contribution >= 0.6 is 11.6 Å². The second kappa shape index (κ2) is 3.97. The third kappa shape index (κ3) is 3.23. The lowest BCUT2D eigenvalue weighted by molar-refractivity contribution is 0.123. The Labute approximate surface area is 83.9 Å². The van der Waals surface area contributed by atoms with Gasteiger partial charge in [-0.3, -0.25) is 0 Å². The van der Waals surface area contributed by atoms with Crippen LogP contribution in [-0.4, -0.2) is 10.6 Å². The van der Waals surface area contributed by atoms with Crippen molar-refractivity contribution in [1.82, 2.24) is 4.98 Å². The van der Waals surface area contributed by atoms with E-state index in [-0.39, 0.29) is 5.60 Å². The van der Waals surface area contributed by atoms with Crippen LogP contribution < -0.4 is 4.74 Å². The van der Waals surface area contributed by atoms with Crippen molar-refractivity contribution >= 4 is 11.6 Å². The largest absolute Gasteiger partial charge is 0.472 e. The molecule has 0 radical (unpaired) electrons. The average molecular weight is 200 g/mol. The van der Waals surface area contributed by atoms with Crippen molar-refractivity contribution in [2.45, 2.75) is 32.3 Å². The molecule has 2 nitrogen and oxygen atoms in total. The van der Waals surface area contributed by atoms with E-state index in [2.05, 4.69) is 4.98 Å². The lowest BCUT2D eigenvalue weighted by atomic mass is 10.2. The van der Waals surface area contributed by atoms with Crippen molar-refractivity contribution in [2.75, 3.05) is 0 Å². The molecular weight excluding hydrogens is 186 g/mol. The maximum absolute atomic E-state index is 5.74. The van der Waals surface area contributed by atoms with Gasteiger partial charge in [-0.15, -0.1) is 11.6 Å². The van der Waals surface area contributed by atoms with Crippen LogP contribution in [0.25, 0.3) is 0 Å². The molecule has 1 aromatic heterocycles. The molecule has 0 saturated heterocycles. The molecule has 0 saturated carbocycles. The van der Waals surface area contributed by atoms with E-state index >= 15 is 0 Å². The Hall–Kier alpha value is -0.760. The SMILES string of the molecule is CC(C)(C)Oc1ncccc1CCl. The molecule has 0 amide bonds. The standard InChI is InChI=1S/C10H14ClNO/c1-10(2,3)13-9-8(7-11)5-4-6-12-9/h4-6H,7H2,1-3H3. The number of halogens is 1. The van der Waals surface area contributed by atoms with Gasteiger partial charge in [0.2, 0.25) is 5.88 Å². The third-order valence-corrected chi connectivity index (χ3v) is 1.68. The monoisotopic (exact) mass is 199 g/mol. The van der Waals surface area contributed by atoms with Crippen molar-refractivity contribution in [3.05, 3.63) is 23.9 Å². The quantitative estimate of drug-likeness (QED) is 0.684. The Balaban J connectivity index is 2.87. The fraction of sp³-hybridized carbons (Fsp3) is 0.500. The summed E-state index contributed by atoms with van der Waals surface area (Å²) in [5.74, 6) is 1.06. The van der Waals surface area contributed by atoms with Gasteiger partial charge in [-0.05, 0) is 26.8 Å². The Bertz CT molecular complexity index is 280. The summed E-state index contributed by atoms with van der Waals surface area (Å²) in [5, 5.41) is 0. The summed E-state index contributed by atoms with van der Waals surface area (Å²) in [6, 6.07) is 3.77. The number of hydrogen-bond donors (Lipinski definition) is 0. The zero-order chi connectivity index (χ0) is 9.90. The number of pyridine rings is 1. The molecule has 1 heterocycles. The molecule has 0 aromatic carbocycles.